The van der Waals surface area contributed by atoms with Crippen molar-refractivity contribution in [2.75, 3.05) is 0 Å². The van der Waals surface area contributed by atoms with Gasteiger partial charge in [0.2, 0.25) is 0 Å². The third-order valence-corrected chi connectivity index (χ3v) is 10.2. The fraction of sp³-hybridized carbons (Fsp3) is 0. The first-order chi connectivity index (χ1) is 27.2. The van der Waals surface area contributed by atoms with Gasteiger partial charge >= 0.3 is 0 Å². The van der Waals surface area contributed by atoms with E-state index in [4.69, 9.17) is 19.4 Å². The van der Waals surface area contributed by atoms with Crippen molar-refractivity contribution < 1.29 is 4.42 Å². The van der Waals surface area contributed by atoms with E-state index in [1.54, 1.807) is 0 Å². The highest BCUT2D eigenvalue weighted by molar-refractivity contribution is 6.13. The van der Waals surface area contributed by atoms with Gasteiger partial charge in [-0.2, -0.15) is 0 Å². The summed E-state index contributed by atoms with van der Waals surface area (Å²) in [5.41, 5.74) is 13.5. The molecule has 258 valence electrons. The van der Waals surface area contributed by atoms with Crippen LogP contribution in [0, 0.1) is 0 Å². The second-order valence-electron chi connectivity index (χ2n) is 13.6. The van der Waals surface area contributed by atoms with Gasteiger partial charge in [0.15, 0.2) is 17.5 Å². The minimum absolute atomic E-state index is 0.628. The minimum Gasteiger partial charge on any atom is -0.455 e. The van der Waals surface area contributed by atoms with E-state index in [9.17, 15) is 0 Å². The lowest BCUT2D eigenvalue weighted by Crippen LogP contribution is -2.00. The van der Waals surface area contributed by atoms with Gasteiger partial charge in [-0.3, -0.25) is 0 Å². The van der Waals surface area contributed by atoms with Crippen molar-refractivity contribution in [1.29, 1.82) is 0 Å². The van der Waals surface area contributed by atoms with Crippen LogP contribution in [0.15, 0.2) is 205 Å². The third-order valence-electron chi connectivity index (χ3n) is 10.2. The Kier molecular flexibility index (Phi) is 8.12. The third kappa shape index (κ3) is 6.16. The largest absolute Gasteiger partial charge is 0.455 e. The van der Waals surface area contributed by atoms with Crippen molar-refractivity contribution in [3.05, 3.63) is 200 Å². The molecule has 0 N–H and O–H groups in total. The Morgan fingerprint density at radius 3 is 1.13 bits per heavy atom. The second kappa shape index (κ2) is 13.8. The molecule has 4 heteroatoms. The van der Waals surface area contributed by atoms with Crippen molar-refractivity contribution in [2.45, 2.75) is 0 Å². The SMILES string of the molecule is c1ccc(-c2ccc(-c3nc(-c4ccccc4)nc(-c4ccc(-c5cccc(-c6cccc7c6oc6c(-c8ccccc8)cccc67)c5)cc4)n3)cc2)cc1. The molecule has 2 aromatic heterocycles. The van der Waals surface area contributed by atoms with Gasteiger partial charge in [-0.15, -0.1) is 0 Å². The molecule has 0 spiro atoms. The van der Waals surface area contributed by atoms with Crippen LogP contribution in [0.1, 0.15) is 0 Å². The molecule has 0 aliphatic rings. The summed E-state index contributed by atoms with van der Waals surface area (Å²) in [6.45, 7) is 0. The lowest BCUT2D eigenvalue weighted by atomic mass is 9.97. The molecule has 0 aliphatic heterocycles. The van der Waals surface area contributed by atoms with Crippen molar-refractivity contribution in [1.82, 2.24) is 15.0 Å². The number of benzene rings is 8. The van der Waals surface area contributed by atoms with Crippen molar-refractivity contribution in [2.24, 2.45) is 0 Å². The van der Waals surface area contributed by atoms with E-state index < -0.39 is 0 Å². The molecule has 55 heavy (non-hydrogen) atoms. The molecule has 0 aliphatic carbocycles. The summed E-state index contributed by atoms with van der Waals surface area (Å²) in [4.78, 5) is 14.9. The second-order valence-corrected chi connectivity index (χ2v) is 13.6. The highest BCUT2D eigenvalue weighted by atomic mass is 16.3. The zero-order valence-corrected chi connectivity index (χ0v) is 29.8. The normalized spacial score (nSPS) is 11.3. The average molecular weight is 704 g/mol. The molecule has 0 fully saturated rings. The molecule has 0 saturated carbocycles. The summed E-state index contributed by atoms with van der Waals surface area (Å²) < 4.78 is 6.72. The molecule has 0 bridgehead atoms. The van der Waals surface area contributed by atoms with Crippen LogP contribution in [0.5, 0.6) is 0 Å². The van der Waals surface area contributed by atoms with Gasteiger partial charge in [0.1, 0.15) is 11.2 Å². The topological polar surface area (TPSA) is 51.8 Å². The zero-order chi connectivity index (χ0) is 36.6. The highest BCUT2D eigenvalue weighted by Crippen LogP contribution is 2.40. The summed E-state index contributed by atoms with van der Waals surface area (Å²) in [5, 5.41) is 2.23. The van der Waals surface area contributed by atoms with Crippen LogP contribution < -0.4 is 0 Å². The van der Waals surface area contributed by atoms with Crippen molar-refractivity contribution in [3.63, 3.8) is 0 Å². The summed E-state index contributed by atoms with van der Waals surface area (Å²) in [6, 6.07) is 69.2. The van der Waals surface area contributed by atoms with Crippen molar-refractivity contribution in [3.8, 4) is 78.7 Å². The molecule has 2 heterocycles. The molecular weight excluding hydrogens is 671 g/mol. The molecule has 0 amide bonds. The van der Waals surface area contributed by atoms with Gasteiger partial charge in [-0.1, -0.05) is 194 Å². The lowest BCUT2D eigenvalue weighted by molar-refractivity contribution is 0.671. The number of hydrogen-bond donors (Lipinski definition) is 0. The standard InChI is InChI=1S/C51H33N3O/c1-4-13-34(14-5-1)35-25-29-39(30-26-35)50-52-49(38-17-8-3-9-18-38)53-51(54-50)40-31-27-36(28-32-40)41-19-10-20-42(33-41)44-22-12-24-46-45-23-11-21-43(47(45)55-48(44)46)37-15-6-2-7-16-37/h1-33H. The van der Waals surface area contributed by atoms with Crippen LogP contribution in [-0.2, 0) is 0 Å². The Bertz CT molecular complexity index is 2940. The first-order valence-electron chi connectivity index (χ1n) is 18.4. The summed E-state index contributed by atoms with van der Waals surface area (Å²) in [6.07, 6.45) is 0. The van der Waals surface area contributed by atoms with E-state index in [1.165, 1.54) is 5.56 Å². The number of fused-ring (bicyclic) bond motifs is 3. The summed E-state index contributed by atoms with van der Waals surface area (Å²) in [7, 11) is 0. The monoisotopic (exact) mass is 703 g/mol. The molecule has 4 nitrogen and oxygen atoms in total. The van der Waals surface area contributed by atoms with E-state index in [0.29, 0.717) is 17.5 Å². The number of furan rings is 1. The smallest absolute Gasteiger partial charge is 0.164 e. The quantitative estimate of drug-likeness (QED) is 0.166. The first-order valence-corrected chi connectivity index (χ1v) is 18.4. The van der Waals surface area contributed by atoms with Crippen LogP contribution in [0.2, 0.25) is 0 Å². The molecule has 0 radical (unpaired) electrons. The lowest BCUT2D eigenvalue weighted by Gasteiger charge is -2.10. The van der Waals surface area contributed by atoms with Gasteiger partial charge < -0.3 is 4.42 Å². The van der Waals surface area contributed by atoms with E-state index in [0.717, 1.165) is 77.6 Å². The number of rotatable bonds is 7. The van der Waals surface area contributed by atoms with Crippen LogP contribution in [0.25, 0.3) is 101 Å². The van der Waals surface area contributed by atoms with Crippen LogP contribution in [0.3, 0.4) is 0 Å². The van der Waals surface area contributed by atoms with E-state index in [-0.39, 0.29) is 0 Å². The fourth-order valence-electron chi connectivity index (χ4n) is 7.36. The number of para-hydroxylation sites is 2. The maximum absolute atomic E-state index is 6.72. The molecule has 0 atom stereocenters. The molecule has 0 unspecified atom stereocenters. The number of nitrogens with zero attached hydrogens (tertiary/aromatic N) is 3. The predicted molar refractivity (Wildman–Crippen MR) is 225 cm³/mol. The Labute approximate surface area is 319 Å². The van der Waals surface area contributed by atoms with Gasteiger partial charge in [0, 0.05) is 38.6 Å². The van der Waals surface area contributed by atoms with Gasteiger partial charge in [0.25, 0.3) is 0 Å². The van der Waals surface area contributed by atoms with E-state index in [2.05, 4.69) is 158 Å². The Morgan fingerprint density at radius 2 is 0.600 bits per heavy atom. The zero-order valence-electron chi connectivity index (χ0n) is 29.8. The number of aromatic nitrogens is 3. The van der Waals surface area contributed by atoms with Gasteiger partial charge in [-0.25, -0.2) is 15.0 Å². The Balaban J connectivity index is 0.998. The molecule has 10 aromatic rings. The van der Waals surface area contributed by atoms with Crippen LogP contribution >= 0.6 is 0 Å². The van der Waals surface area contributed by atoms with Gasteiger partial charge in [0.05, 0.1) is 0 Å². The summed E-state index contributed by atoms with van der Waals surface area (Å²) >= 11 is 0. The van der Waals surface area contributed by atoms with Crippen LogP contribution in [-0.4, -0.2) is 15.0 Å². The maximum atomic E-state index is 6.72. The van der Waals surface area contributed by atoms with Crippen molar-refractivity contribution >= 4 is 21.9 Å². The fourth-order valence-corrected chi connectivity index (χ4v) is 7.36. The highest BCUT2D eigenvalue weighted by Gasteiger charge is 2.17. The van der Waals surface area contributed by atoms with Gasteiger partial charge in [-0.05, 0) is 39.4 Å². The van der Waals surface area contributed by atoms with Crippen LogP contribution in [0.4, 0.5) is 0 Å². The molecule has 0 saturated heterocycles. The molecule has 8 aromatic carbocycles. The minimum atomic E-state index is 0.628. The molecular formula is C51H33N3O. The Morgan fingerprint density at radius 1 is 0.255 bits per heavy atom. The first kappa shape index (κ1) is 32.2. The number of hydrogen-bond acceptors (Lipinski definition) is 4. The predicted octanol–water partition coefficient (Wildman–Crippen LogP) is 13.4. The Hall–Kier alpha value is -7.43. The molecule has 10 rings (SSSR count). The summed E-state index contributed by atoms with van der Waals surface area (Å²) in [5.74, 6) is 1.90. The average Bonchev–Trinajstić information content (AvgIpc) is 3.67. The van der Waals surface area contributed by atoms with E-state index >= 15 is 0 Å². The van der Waals surface area contributed by atoms with E-state index in [1.807, 2.05) is 42.5 Å². The maximum Gasteiger partial charge on any atom is 0.164 e.